The van der Waals surface area contributed by atoms with E-state index in [0.29, 0.717) is 5.92 Å². The van der Waals surface area contributed by atoms with E-state index in [-0.39, 0.29) is 5.92 Å². The van der Waals surface area contributed by atoms with E-state index in [1.54, 1.807) is 11.3 Å². The van der Waals surface area contributed by atoms with Gasteiger partial charge in [0.15, 0.2) is 5.82 Å². The number of rotatable bonds is 4. The summed E-state index contributed by atoms with van der Waals surface area (Å²) in [6.45, 7) is 6.55. The number of hydrogen-bond donors (Lipinski definition) is 0. The largest absolute Gasteiger partial charge is 0.234 e. The predicted molar refractivity (Wildman–Crippen MR) is 81.2 cm³/mol. The summed E-state index contributed by atoms with van der Waals surface area (Å²) in [6, 6.07) is 10.5. The van der Waals surface area contributed by atoms with Crippen LogP contribution < -0.4 is 0 Å². The van der Waals surface area contributed by atoms with Gasteiger partial charge in [0.1, 0.15) is 5.01 Å². The van der Waals surface area contributed by atoms with Crippen molar-refractivity contribution in [3.05, 3.63) is 46.7 Å². The molecule has 3 rings (SSSR count). The van der Waals surface area contributed by atoms with Gasteiger partial charge in [0.2, 0.25) is 4.96 Å². The molecule has 2 heterocycles. The van der Waals surface area contributed by atoms with E-state index < -0.39 is 0 Å². The maximum atomic E-state index is 4.71. The smallest absolute Gasteiger partial charge is 0.187 e. The molecule has 0 bridgehead atoms. The van der Waals surface area contributed by atoms with Crippen LogP contribution in [-0.2, 0) is 6.42 Å². The maximum absolute atomic E-state index is 4.71. The molecule has 1 atom stereocenters. The molecule has 4 nitrogen and oxygen atoms in total. The second-order valence-electron chi connectivity index (χ2n) is 5.48. The molecular formula is C15H18N4S. The Morgan fingerprint density at radius 3 is 2.55 bits per heavy atom. The summed E-state index contributed by atoms with van der Waals surface area (Å²) < 4.78 is 1.90. The monoisotopic (exact) mass is 286 g/mol. The summed E-state index contributed by atoms with van der Waals surface area (Å²) in [5.41, 5.74) is 1.28. The van der Waals surface area contributed by atoms with E-state index in [2.05, 4.69) is 55.2 Å². The van der Waals surface area contributed by atoms with Crippen molar-refractivity contribution in [2.24, 2.45) is 5.92 Å². The zero-order chi connectivity index (χ0) is 14.1. The SMILES string of the molecule is CC(C)Cc1nnc2sc([C@H](C)c3ccccc3)nn12. The molecule has 0 amide bonds. The fourth-order valence-corrected chi connectivity index (χ4v) is 3.16. The van der Waals surface area contributed by atoms with Gasteiger partial charge >= 0.3 is 0 Å². The maximum Gasteiger partial charge on any atom is 0.234 e. The van der Waals surface area contributed by atoms with Gasteiger partial charge in [-0.1, -0.05) is 62.4 Å². The molecule has 2 aromatic heterocycles. The molecule has 0 aliphatic heterocycles. The third-order valence-corrected chi connectivity index (χ3v) is 4.41. The van der Waals surface area contributed by atoms with Gasteiger partial charge in [0.25, 0.3) is 0 Å². The Morgan fingerprint density at radius 2 is 1.85 bits per heavy atom. The lowest BCUT2D eigenvalue weighted by Crippen LogP contribution is -2.03. The van der Waals surface area contributed by atoms with Crippen LogP contribution in [0.1, 0.15) is 43.1 Å². The number of aromatic nitrogens is 4. The Bertz CT molecular complexity index is 699. The average molecular weight is 286 g/mol. The molecule has 0 aliphatic carbocycles. The zero-order valence-electron chi connectivity index (χ0n) is 11.9. The second-order valence-corrected chi connectivity index (χ2v) is 6.47. The number of nitrogens with zero attached hydrogens (tertiary/aromatic N) is 4. The van der Waals surface area contributed by atoms with E-state index in [1.165, 1.54) is 5.56 Å². The highest BCUT2D eigenvalue weighted by atomic mass is 32.1. The van der Waals surface area contributed by atoms with Gasteiger partial charge in [-0.25, -0.2) is 0 Å². The standard InChI is InChI=1S/C15H18N4S/c1-10(2)9-13-16-17-15-19(13)18-14(20-15)11(3)12-7-5-4-6-8-12/h4-8,10-11H,9H2,1-3H3/t11-/m1/s1. The van der Waals surface area contributed by atoms with Gasteiger partial charge in [0, 0.05) is 12.3 Å². The lowest BCUT2D eigenvalue weighted by molar-refractivity contribution is 0.604. The molecule has 104 valence electrons. The van der Waals surface area contributed by atoms with Crippen LogP contribution in [0.3, 0.4) is 0 Å². The van der Waals surface area contributed by atoms with Crippen molar-refractivity contribution in [2.45, 2.75) is 33.1 Å². The lowest BCUT2D eigenvalue weighted by Gasteiger charge is -2.07. The van der Waals surface area contributed by atoms with Crippen LogP contribution in [0.4, 0.5) is 0 Å². The van der Waals surface area contributed by atoms with Crippen molar-refractivity contribution < 1.29 is 0 Å². The third kappa shape index (κ3) is 2.45. The topological polar surface area (TPSA) is 43.1 Å². The Kier molecular flexibility index (Phi) is 3.53. The van der Waals surface area contributed by atoms with E-state index in [1.807, 2.05) is 10.6 Å². The Balaban J connectivity index is 1.95. The molecule has 3 aromatic rings. The minimum atomic E-state index is 0.287. The highest BCUT2D eigenvalue weighted by molar-refractivity contribution is 7.16. The van der Waals surface area contributed by atoms with Gasteiger partial charge in [-0.2, -0.15) is 9.61 Å². The van der Waals surface area contributed by atoms with Crippen LogP contribution in [0.2, 0.25) is 0 Å². The molecule has 0 saturated carbocycles. The fraction of sp³-hybridized carbons (Fsp3) is 0.400. The first-order valence-corrected chi connectivity index (χ1v) is 7.72. The van der Waals surface area contributed by atoms with Crippen LogP contribution in [0.25, 0.3) is 4.96 Å². The van der Waals surface area contributed by atoms with Gasteiger partial charge in [0.05, 0.1) is 0 Å². The first kappa shape index (κ1) is 13.2. The summed E-state index contributed by atoms with van der Waals surface area (Å²) in [5.74, 6) is 1.80. The van der Waals surface area contributed by atoms with Crippen LogP contribution in [0.5, 0.6) is 0 Å². The fourth-order valence-electron chi connectivity index (χ4n) is 2.22. The second kappa shape index (κ2) is 5.32. The average Bonchev–Trinajstić information content (AvgIpc) is 3.01. The van der Waals surface area contributed by atoms with Crippen molar-refractivity contribution in [2.75, 3.05) is 0 Å². The first-order chi connectivity index (χ1) is 9.65. The zero-order valence-corrected chi connectivity index (χ0v) is 12.8. The lowest BCUT2D eigenvalue weighted by atomic mass is 10.0. The number of fused-ring (bicyclic) bond motifs is 1. The van der Waals surface area contributed by atoms with Gasteiger partial charge in [-0.3, -0.25) is 0 Å². The highest BCUT2D eigenvalue weighted by Gasteiger charge is 2.17. The molecule has 0 N–H and O–H groups in total. The Hall–Kier alpha value is -1.75. The van der Waals surface area contributed by atoms with E-state index in [0.717, 1.165) is 22.2 Å². The summed E-state index contributed by atoms with van der Waals surface area (Å²) >= 11 is 1.63. The van der Waals surface area contributed by atoms with E-state index in [4.69, 9.17) is 5.10 Å². The van der Waals surface area contributed by atoms with Crippen molar-refractivity contribution >= 4 is 16.3 Å². The molecule has 0 radical (unpaired) electrons. The Labute approximate surface area is 122 Å². The molecule has 0 aliphatic rings. The third-order valence-electron chi connectivity index (χ3n) is 3.33. The minimum absolute atomic E-state index is 0.287. The molecule has 0 unspecified atom stereocenters. The van der Waals surface area contributed by atoms with E-state index >= 15 is 0 Å². The summed E-state index contributed by atoms with van der Waals surface area (Å²) in [5, 5.41) is 14.3. The number of benzene rings is 1. The normalized spacial score (nSPS) is 13.2. The molecule has 0 fully saturated rings. The first-order valence-electron chi connectivity index (χ1n) is 6.91. The van der Waals surface area contributed by atoms with Crippen LogP contribution in [-0.4, -0.2) is 19.8 Å². The molecule has 0 saturated heterocycles. The quantitative estimate of drug-likeness (QED) is 0.737. The van der Waals surface area contributed by atoms with Crippen molar-refractivity contribution in [1.82, 2.24) is 19.8 Å². The van der Waals surface area contributed by atoms with Gasteiger partial charge in [-0.15, -0.1) is 10.2 Å². The predicted octanol–water partition coefficient (Wildman–Crippen LogP) is 3.54. The van der Waals surface area contributed by atoms with Gasteiger partial charge < -0.3 is 0 Å². The number of hydrogen-bond acceptors (Lipinski definition) is 4. The summed E-state index contributed by atoms with van der Waals surface area (Å²) in [6.07, 6.45) is 0.907. The van der Waals surface area contributed by atoms with Crippen LogP contribution in [0.15, 0.2) is 30.3 Å². The molecule has 1 aromatic carbocycles. The molecular weight excluding hydrogens is 268 g/mol. The molecule has 5 heteroatoms. The van der Waals surface area contributed by atoms with Crippen molar-refractivity contribution in [1.29, 1.82) is 0 Å². The summed E-state index contributed by atoms with van der Waals surface area (Å²) in [7, 11) is 0. The molecule has 0 spiro atoms. The highest BCUT2D eigenvalue weighted by Crippen LogP contribution is 2.28. The van der Waals surface area contributed by atoms with Crippen molar-refractivity contribution in [3.8, 4) is 0 Å². The molecule has 20 heavy (non-hydrogen) atoms. The van der Waals surface area contributed by atoms with Crippen LogP contribution in [0, 0.1) is 5.92 Å². The summed E-state index contributed by atoms with van der Waals surface area (Å²) in [4.78, 5) is 0.887. The Morgan fingerprint density at radius 1 is 1.10 bits per heavy atom. The van der Waals surface area contributed by atoms with Gasteiger partial charge in [-0.05, 0) is 11.5 Å². The minimum Gasteiger partial charge on any atom is -0.187 e. The van der Waals surface area contributed by atoms with Crippen molar-refractivity contribution in [3.63, 3.8) is 0 Å². The van der Waals surface area contributed by atoms with E-state index in [9.17, 15) is 0 Å². The van der Waals surface area contributed by atoms with Crippen LogP contribution >= 0.6 is 11.3 Å².